The molecule has 1 aliphatic rings. The van der Waals surface area contributed by atoms with Crippen LogP contribution >= 0.6 is 0 Å². The molecular weight excluding hydrogens is 320 g/mol. The molecule has 126 valence electrons. The Kier molecular flexibility index (Phi) is 4.80. The maximum Gasteiger partial charge on any atom is 0.323 e. The van der Waals surface area contributed by atoms with Gasteiger partial charge < -0.3 is 20.3 Å². The van der Waals surface area contributed by atoms with E-state index in [1.165, 1.54) is 12.4 Å². The summed E-state index contributed by atoms with van der Waals surface area (Å²) < 4.78 is 31.6. The monoisotopic (exact) mass is 335 g/mol. The van der Waals surface area contributed by atoms with Gasteiger partial charge in [0.2, 0.25) is 5.95 Å². The number of hydrogen-bond donors (Lipinski definition) is 2. The van der Waals surface area contributed by atoms with Crippen molar-refractivity contribution in [2.24, 2.45) is 0 Å². The minimum Gasteiger partial charge on any atom is -0.378 e. The van der Waals surface area contributed by atoms with Gasteiger partial charge in [0.25, 0.3) is 0 Å². The third kappa shape index (κ3) is 3.93. The van der Waals surface area contributed by atoms with Crippen LogP contribution < -0.4 is 15.5 Å². The lowest BCUT2D eigenvalue weighted by Gasteiger charge is -2.26. The van der Waals surface area contributed by atoms with Crippen molar-refractivity contribution < 1.29 is 18.3 Å². The van der Waals surface area contributed by atoms with E-state index in [0.717, 1.165) is 12.1 Å². The summed E-state index contributed by atoms with van der Waals surface area (Å²) in [6, 6.07) is 2.21. The molecule has 0 unspecified atom stereocenters. The number of nitrogens with one attached hydrogen (secondary N) is 2. The number of urea groups is 1. The van der Waals surface area contributed by atoms with Crippen LogP contribution in [0.5, 0.6) is 0 Å². The van der Waals surface area contributed by atoms with Crippen molar-refractivity contribution in [2.45, 2.75) is 0 Å². The van der Waals surface area contributed by atoms with Crippen LogP contribution in [0.3, 0.4) is 0 Å². The van der Waals surface area contributed by atoms with Gasteiger partial charge in [-0.05, 0) is 12.1 Å². The van der Waals surface area contributed by atoms with Gasteiger partial charge in [0, 0.05) is 19.2 Å². The first-order valence-corrected chi connectivity index (χ1v) is 7.29. The molecule has 1 aliphatic heterocycles. The van der Waals surface area contributed by atoms with Crippen LogP contribution in [-0.4, -0.2) is 42.3 Å². The maximum atomic E-state index is 13.5. The molecule has 7 nitrogen and oxygen atoms in total. The average molecular weight is 335 g/mol. The molecule has 0 radical (unpaired) electrons. The number of rotatable bonds is 3. The van der Waals surface area contributed by atoms with Crippen molar-refractivity contribution in [2.75, 3.05) is 41.8 Å². The number of nitrogens with zero attached hydrogens (tertiary/aromatic N) is 3. The predicted octanol–water partition coefficient (Wildman–Crippen LogP) is 2.24. The molecule has 2 aromatic rings. The van der Waals surface area contributed by atoms with Crippen molar-refractivity contribution in [1.29, 1.82) is 0 Å². The van der Waals surface area contributed by atoms with Gasteiger partial charge in [-0.3, -0.25) is 0 Å². The Morgan fingerprint density at radius 3 is 2.50 bits per heavy atom. The van der Waals surface area contributed by atoms with Gasteiger partial charge in [-0.1, -0.05) is 0 Å². The highest BCUT2D eigenvalue weighted by atomic mass is 19.1. The summed E-state index contributed by atoms with van der Waals surface area (Å²) in [7, 11) is 0. The van der Waals surface area contributed by atoms with Crippen LogP contribution in [0.15, 0.2) is 30.6 Å². The lowest BCUT2D eigenvalue weighted by Crippen LogP contribution is -2.37. The third-order valence-corrected chi connectivity index (χ3v) is 3.37. The van der Waals surface area contributed by atoms with Crippen molar-refractivity contribution in [3.8, 4) is 0 Å². The standard InChI is InChI=1S/C15H15F2N5O2/c16-10-1-2-13(12(17)7-10)21-15(23)20-11-8-18-14(19-9-11)22-3-5-24-6-4-22/h1-2,7-9H,3-6H2,(H2,20,21,23). The van der Waals surface area contributed by atoms with E-state index in [0.29, 0.717) is 44.0 Å². The van der Waals surface area contributed by atoms with E-state index in [2.05, 4.69) is 20.6 Å². The molecule has 9 heteroatoms. The van der Waals surface area contributed by atoms with Crippen LogP contribution in [0.4, 0.5) is 30.9 Å². The Labute approximate surface area is 136 Å². The molecule has 24 heavy (non-hydrogen) atoms. The second kappa shape index (κ2) is 7.18. The molecule has 2 heterocycles. The highest BCUT2D eigenvalue weighted by Crippen LogP contribution is 2.16. The molecule has 1 fully saturated rings. The number of morpholine rings is 1. The zero-order chi connectivity index (χ0) is 16.9. The quantitative estimate of drug-likeness (QED) is 0.899. The molecule has 3 rings (SSSR count). The Hall–Kier alpha value is -2.81. The first-order chi connectivity index (χ1) is 11.6. The molecule has 0 atom stereocenters. The number of anilines is 3. The molecule has 2 N–H and O–H groups in total. The first kappa shape index (κ1) is 16.1. The van der Waals surface area contributed by atoms with Gasteiger partial charge in [-0.2, -0.15) is 0 Å². The van der Waals surface area contributed by atoms with Gasteiger partial charge in [0.15, 0.2) is 0 Å². The van der Waals surface area contributed by atoms with Crippen molar-refractivity contribution in [1.82, 2.24) is 9.97 Å². The molecule has 0 bridgehead atoms. The van der Waals surface area contributed by atoms with Crippen molar-refractivity contribution >= 4 is 23.4 Å². The lowest BCUT2D eigenvalue weighted by atomic mass is 10.3. The van der Waals surface area contributed by atoms with E-state index in [1.54, 1.807) is 0 Å². The highest BCUT2D eigenvalue weighted by Gasteiger charge is 2.14. The summed E-state index contributed by atoms with van der Waals surface area (Å²) in [4.78, 5) is 22.2. The summed E-state index contributed by atoms with van der Waals surface area (Å²) in [5.74, 6) is -1.02. The Morgan fingerprint density at radius 1 is 1.12 bits per heavy atom. The largest absolute Gasteiger partial charge is 0.378 e. The van der Waals surface area contributed by atoms with Crippen molar-refractivity contribution in [3.63, 3.8) is 0 Å². The molecule has 1 aromatic heterocycles. The second-order valence-electron chi connectivity index (χ2n) is 5.07. The van der Waals surface area contributed by atoms with Crippen LogP contribution in [0, 0.1) is 11.6 Å². The average Bonchev–Trinajstić information content (AvgIpc) is 2.59. The molecule has 0 spiro atoms. The Balaban J connectivity index is 1.59. The minimum absolute atomic E-state index is 0.125. The fourth-order valence-corrected chi connectivity index (χ4v) is 2.19. The van der Waals surface area contributed by atoms with E-state index in [4.69, 9.17) is 4.74 Å². The highest BCUT2D eigenvalue weighted by molar-refractivity contribution is 5.99. The number of benzene rings is 1. The van der Waals surface area contributed by atoms with Gasteiger partial charge in [-0.25, -0.2) is 23.5 Å². The Bertz CT molecular complexity index is 720. The number of carbonyl (C=O) groups excluding carboxylic acids is 1. The van der Waals surface area contributed by atoms with E-state index in [1.807, 2.05) is 4.90 Å². The van der Waals surface area contributed by atoms with Gasteiger partial charge in [0.05, 0.1) is 37.0 Å². The second-order valence-corrected chi connectivity index (χ2v) is 5.07. The summed E-state index contributed by atoms with van der Waals surface area (Å²) in [5.41, 5.74) is 0.229. The number of carbonyl (C=O) groups is 1. The molecule has 1 aromatic carbocycles. The first-order valence-electron chi connectivity index (χ1n) is 7.29. The smallest absolute Gasteiger partial charge is 0.323 e. The maximum absolute atomic E-state index is 13.5. The number of amides is 2. The molecule has 0 saturated carbocycles. The predicted molar refractivity (Wildman–Crippen MR) is 84.1 cm³/mol. The van der Waals surface area contributed by atoms with Crippen LogP contribution in [-0.2, 0) is 4.74 Å². The number of hydrogen-bond acceptors (Lipinski definition) is 5. The molecule has 2 amide bonds. The molecule has 1 saturated heterocycles. The fraction of sp³-hybridized carbons (Fsp3) is 0.267. The molecular formula is C15H15F2N5O2. The van der Waals surface area contributed by atoms with Crippen molar-refractivity contribution in [3.05, 3.63) is 42.2 Å². The summed E-state index contributed by atoms with van der Waals surface area (Å²) in [6.45, 7) is 2.65. The topological polar surface area (TPSA) is 79.4 Å². The SMILES string of the molecule is O=C(Nc1cnc(N2CCOCC2)nc1)Nc1ccc(F)cc1F. The van der Waals surface area contributed by atoms with Gasteiger partial charge >= 0.3 is 6.03 Å². The number of ether oxygens (including phenoxy) is 1. The third-order valence-electron chi connectivity index (χ3n) is 3.37. The summed E-state index contributed by atoms with van der Waals surface area (Å²) >= 11 is 0. The minimum atomic E-state index is -0.857. The zero-order valence-electron chi connectivity index (χ0n) is 12.6. The number of aromatic nitrogens is 2. The zero-order valence-corrected chi connectivity index (χ0v) is 12.6. The van der Waals surface area contributed by atoms with E-state index < -0.39 is 17.7 Å². The van der Waals surface area contributed by atoms with Crippen LogP contribution in [0.25, 0.3) is 0 Å². The van der Waals surface area contributed by atoms with Crippen LogP contribution in [0.2, 0.25) is 0 Å². The van der Waals surface area contributed by atoms with Gasteiger partial charge in [0.1, 0.15) is 11.6 Å². The van der Waals surface area contributed by atoms with E-state index in [9.17, 15) is 13.6 Å². The van der Waals surface area contributed by atoms with E-state index >= 15 is 0 Å². The van der Waals surface area contributed by atoms with E-state index in [-0.39, 0.29) is 5.69 Å². The normalized spacial score (nSPS) is 14.3. The van der Waals surface area contributed by atoms with Crippen LogP contribution in [0.1, 0.15) is 0 Å². The number of halogens is 2. The fourth-order valence-electron chi connectivity index (χ4n) is 2.19. The summed E-state index contributed by atoms with van der Waals surface area (Å²) in [6.07, 6.45) is 2.91. The lowest BCUT2D eigenvalue weighted by molar-refractivity contribution is 0.122. The Morgan fingerprint density at radius 2 is 1.83 bits per heavy atom. The van der Waals surface area contributed by atoms with Gasteiger partial charge in [-0.15, -0.1) is 0 Å². The molecule has 0 aliphatic carbocycles. The summed E-state index contributed by atoms with van der Waals surface area (Å²) in [5, 5.41) is 4.77.